The third-order valence-corrected chi connectivity index (χ3v) is 2.20. The lowest BCUT2D eigenvalue weighted by Crippen LogP contribution is -2.04. The zero-order valence-electron chi connectivity index (χ0n) is 8.24. The molecular formula is C12H8F2O2. The molecule has 0 fully saturated rings. The fourth-order valence-electron chi connectivity index (χ4n) is 1.38. The van der Waals surface area contributed by atoms with E-state index in [1.54, 1.807) is 0 Å². The van der Waals surface area contributed by atoms with Gasteiger partial charge in [0.15, 0.2) is 5.78 Å². The summed E-state index contributed by atoms with van der Waals surface area (Å²) in [6, 6.07) is 4.53. The summed E-state index contributed by atoms with van der Waals surface area (Å²) < 4.78 is 30.8. The number of rotatable bonds is 3. The van der Waals surface area contributed by atoms with Crippen LogP contribution in [0.1, 0.15) is 15.9 Å². The van der Waals surface area contributed by atoms with Crippen molar-refractivity contribution in [2.45, 2.75) is 6.42 Å². The van der Waals surface area contributed by atoms with E-state index in [2.05, 4.69) is 0 Å². The second-order valence-electron chi connectivity index (χ2n) is 3.35. The standard InChI is InChI=1S/C12H8F2O2/c13-10-1-2-11(14)9(5-10)6-12(15)8-3-4-16-7-8/h1-5,7H,6H2. The third kappa shape index (κ3) is 2.16. The van der Waals surface area contributed by atoms with E-state index in [1.165, 1.54) is 18.6 Å². The summed E-state index contributed by atoms with van der Waals surface area (Å²) in [5, 5.41) is 0. The van der Waals surface area contributed by atoms with Gasteiger partial charge < -0.3 is 4.42 Å². The van der Waals surface area contributed by atoms with Gasteiger partial charge in [0, 0.05) is 6.42 Å². The lowest BCUT2D eigenvalue weighted by Gasteiger charge is -2.01. The topological polar surface area (TPSA) is 30.2 Å². The number of carbonyl (C=O) groups is 1. The fraction of sp³-hybridized carbons (Fsp3) is 0.0833. The molecule has 0 spiro atoms. The number of benzene rings is 1. The molecule has 16 heavy (non-hydrogen) atoms. The lowest BCUT2D eigenvalue weighted by molar-refractivity contribution is 0.0991. The Morgan fingerprint density at radius 3 is 2.75 bits per heavy atom. The van der Waals surface area contributed by atoms with E-state index in [0.717, 1.165) is 18.2 Å². The number of carbonyl (C=O) groups excluding carboxylic acids is 1. The van der Waals surface area contributed by atoms with E-state index >= 15 is 0 Å². The second-order valence-corrected chi connectivity index (χ2v) is 3.35. The van der Waals surface area contributed by atoms with Gasteiger partial charge in [-0.25, -0.2) is 8.78 Å². The first-order valence-electron chi connectivity index (χ1n) is 4.66. The van der Waals surface area contributed by atoms with Crippen LogP contribution in [0.15, 0.2) is 41.2 Å². The molecule has 0 atom stereocenters. The summed E-state index contributed by atoms with van der Waals surface area (Å²) in [4.78, 5) is 11.6. The Kier molecular flexibility index (Phi) is 2.81. The van der Waals surface area contributed by atoms with E-state index in [1.807, 2.05) is 0 Å². The van der Waals surface area contributed by atoms with E-state index in [-0.39, 0.29) is 17.8 Å². The summed E-state index contributed by atoms with van der Waals surface area (Å²) in [5.41, 5.74) is 0.398. The van der Waals surface area contributed by atoms with E-state index < -0.39 is 11.6 Å². The van der Waals surface area contributed by atoms with Crippen LogP contribution < -0.4 is 0 Å². The number of furan rings is 1. The van der Waals surface area contributed by atoms with Crippen molar-refractivity contribution in [1.82, 2.24) is 0 Å². The van der Waals surface area contributed by atoms with Gasteiger partial charge in [0.05, 0.1) is 11.8 Å². The highest BCUT2D eigenvalue weighted by Gasteiger charge is 2.12. The van der Waals surface area contributed by atoms with Gasteiger partial charge in [-0.05, 0) is 29.8 Å². The normalized spacial score (nSPS) is 10.4. The molecule has 0 aliphatic rings. The van der Waals surface area contributed by atoms with E-state index in [9.17, 15) is 13.6 Å². The van der Waals surface area contributed by atoms with Gasteiger partial charge in [-0.15, -0.1) is 0 Å². The molecule has 0 saturated carbocycles. The van der Waals surface area contributed by atoms with Crippen LogP contribution in [-0.2, 0) is 6.42 Å². The van der Waals surface area contributed by atoms with Crippen molar-refractivity contribution in [2.24, 2.45) is 0 Å². The van der Waals surface area contributed by atoms with Gasteiger partial charge in [0.25, 0.3) is 0 Å². The summed E-state index contributed by atoms with van der Waals surface area (Å²) in [6.45, 7) is 0. The van der Waals surface area contributed by atoms with Crippen molar-refractivity contribution in [2.75, 3.05) is 0 Å². The molecule has 0 aliphatic heterocycles. The molecule has 0 bridgehead atoms. The molecular weight excluding hydrogens is 214 g/mol. The Hall–Kier alpha value is -1.97. The molecule has 0 aliphatic carbocycles. The zero-order valence-corrected chi connectivity index (χ0v) is 8.24. The molecule has 0 N–H and O–H groups in total. The monoisotopic (exact) mass is 222 g/mol. The maximum absolute atomic E-state index is 13.2. The van der Waals surface area contributed by atoms with Crippen molar-refractivity contribution >= 4 is 5.78 Å². The number of hydrogen-bond acceptors (Lipinski definition) is 2. The van der Waals surface area contributed by atoms with Crippen molar-refractivity contribution in [1.29, 1.82) is 0 Å². The van der Waals surface area contributed by atoms with Crippen molar-refractivity contribution in [3.05, 3.63) is 59.6 Å². The Balaban J connectivity index is 2.21. The summed E-state index contributed by atoms with van der Waals surface area (Å²) in [7, 11) is 0. The van der Waals surface area contributed by atoms with Gasteiger partial charge in [-0.3, -0.25) is 4.79 Å². The van der Waals surface area contributed by atoms with Crippen LogP contribution in [0.25, 0.3) is 0 Å². The van der Waals surface area contributed by atoms with Crippen LogP contribution in [-0.4, -0.2) is 5.78 Å². The third-order valence-electron chi connectivity index (χ3n) is 2.20. The Bertz CT molecular complexity index is 504. The molecule has 1 aromatic carbocycles. The number of hydrogen-bond donors (Lipinski definition) is 0. The van der Waals surface area contributed by atoms with Crippen molar-refractivity contribution < 1.29 is 18.0 Å². The van der Waals surface area contributed by atoms with Gasteiger partial charge >= 0.3 is 0 Å². The quantitative estimate of drug-likeness (QED) is 0.747. The first-order valence-corrected chi connectivity index (χ1v) is 4.66. The molecule has 4 heteroatoms. The number of halogens is 2. The van der Waals surface area contributed by atoms with Crippen LogP contribution in [0.5, 0.6) is 0 Å². The molecule has 0 unspecified atom stereocenters. The lowest BCUT2D eigenvalue weighted by atomic mass is 10.0. The van der Waals surface area contributed by atoms with E-state index in [4.69, 9.17) is 4.42 Å². The van der Waals surface area contributed by atoms with Gasteiger partial charge in [0.2, 0.25) is 0 Å². The smallest absolute Gasteiger partial charge is 0.170 e. The maximum atomic E-state index is 13.2. The van der Waals surface area contributed by atoms with Crippen LogP contribution in [0.4, 0.5) is 8.78 Å². The first-order chi connectivity index (χ1) is 7.66. The van der Waals surface area contributed by atoms with Crippen molar-refractivity contribution in [3.8, 4) is 0 Å². The largest absolute Gasteiger partial charge is 0.472 e. The molecule has 2 rings (SSSR count). The zero-order chi connectivity index (χ0) is 11.5. The van der Waals surface area contributed by atoms with Gasteiger partial charge in [-0.2, -0.15) is 0 Å². The highest BCUT2D eigenvalue weighted by molar-refractivity contribution is 5.97. The first kappa shape index (κ1) is 10.5. The maximum Gasteiger partial charge on any atom is 0.170 e. The Morgan fingerprint density at radius 1 is 1.25 bits per heavy atom. The van der Waals surface area contributed by atoms with E-state index in [0.29, 0.717) is 5.56 Å². The minimum atomic E-state index is -0.585. The molecule has 1 heterocycles. The van der Waals surface area contributed by atoms with Crippen molar-refractivity contribution in [3.63, 3.8) is 0 Å². The summed E-state index contributed by atoms with van der Waals surface area (Å²) in [6.07, 6.45) is 2.46. The van der Waals surface area contributed by atoms with Crippen LogP contribution >= 0.6 is 0 Å². The predicted octanol–water partition coefficient (Wildman–Crippen LogP) is 2.98. The average molecular weight is 222 g/mol. The molecule has 2 nitrogen and oxygen atoms in total. The molecule has 2 aromatic rings. The molecule has 0 radical (unpaired) electrons. The average Bonchev–Trinajstić information content (AvgIpc) is 2.76. The Labute approximate surface area is 90.5 Å². The highest BCUT2D eigenvalue weighted by atomic mass is 19.1. The Morgan fingerprint density at radius 2 is 2.06 bits per heavy atom. The number of ketones is 1. The highest BCUT2D eigenvalue weighted by Crippen LogP contribution is 2.13. The number of Topliss-reactive ketones (excluding diaryl/α,β-unsaturated/α-hetero) is 1. The molecule has 0 saturated heterocycles. The molecule has 0 amide bonds. The fourth-order valence-corrected chi connectivity index (χ4v) is 1.38. The molecule has 1 aromatic heterocycles. The molecule has 82 valence electrons. The predicted molar refractivity (Wildman–Crippen MR) is 53.1 cm³/mol. The van der Waals surface area contributed by atoms with Gasteiger partial charge in [0.1, 0.15) is 17.9 Å². The summed E-state index contributed by atoms with van der Waals surface area (Å²) in [5.74, 6) is -1.45. The minimum Gasteiger partial charge on any atom is -0.472 e. The van der Waals surface area contributed by atoms with Crippen LogP contribution in [0.2, 0.25) is 0 Å². The van der Waals surface area contributed by atoms with Crippen LogP contribution in [0.3, 0.4) is 0 Å². The minimum absolute atomic E-state index is 0.0474. The van der Waals surface area contributed by atoms with Gasteiger partial charge in [-0.1, -0.05) is 0 Å². The second kappa shape index (κ2) is 4.26. The van der Waals surface area contributed by atoms with Crippen LogP contribution in [0, 0.1) is 11.6 Å². The SMILES string of the molecule is O=C(Cc1cc(F)ccc1F)c1ccoc1. The summed E-state index contributed by atoms with van der Waals surface area (Å²) >= 11 is 0.